The number of nitrogens with zero attached hydrogens (tertiary/aromatic N) is 4. The Morgan fingerprint density at radius 3 is 1.80 bits per heavy atom. The molecule has 0 aliphatic carbocycles. The lowest BCUT2D eigenvalue weighted by Crippen LogP contribution is -1.64. The fourth-order valence-corrected chi connectivity index (χ4v) is 0.300. The summed E-state index contributed by atoms with van der Waals surface area (Å²) >= 11 is 0. The minimum absolute atomic E-state index is 0.225. The molecule has 0 N–H and O–H groups in total. The maximum atomic E-state index is 3.40. The van der Waals surface area contributed by atoms with E-state index in [4.69, 9.17) is 0 Å². The molecular formula is HN4P. The van der Waals surface area contributed by atoms with Crippen LogP contribution in [0.4, 0.5) is 0 Å². The van der Waals surface area contributed by atoms with E-state index in [1.165, 1.54) is 0 Å². The summed E-state index contributed by atoms with van der Waals surface area (Å²) in [7, 11) is 0.225. The van der Waals surface area contributed by atoms with Gasteiger partial charge in [-0.25, -0.2) is 0 Å². The van der Waals surface area contributed by atoms with Gasteiger partial charge in [0.1, 0.15) is 8.51 Å². The van der Waals surface area contributed by atoms with E-state index in [0.29, 0.717) is 0 Å². The van der Waals surface area contributed by atoms with E-state index in [1.807, 2.05) is 0 Å². The largest absolute Gasteiger partial charge is 0.104 e. The molecule has 0 aliphatic rings. The molecule has 5 heavy (non-hydrogen) atoms. The molecule has 0 atom stereocenters. The molecule has 1 rings (SSSR count). The van der Waals surface area contributed by atoms with Gasteiger partial charge in [0, 0.05) is 0 Å². The number of rotatable bonds is 0. The Balaban J connectivity index is 3.13. The van der Waals surface area contributed by atoms with Gasteiger partial charge in [-0.1, -0.05) is 0 Å². The van der Waals surface area contributed by atoms with Gasteiger partial charge in [-0.05, 0) is 10.4 Å². The lowest BCUT2D eigenvalue weighted by molar-refractivity contribution is 0.881. The summed E-state index contributed by atoms with van der Waals surface area (Å²) in [6.07, 6.45) is 0. The van der Waals surface area contributed by atoms with Gasteiger partial charge in [-0.2, -0.15) is 0 Å². The second-order valence-electron chi connectivity index (χ2n) is 0.479. The summed E-state index contributed by atoms with van der Waals surface area (Å²) in [4.78, 5) is 6.81. The van der Waals surface area contributed by atoms with Crippen LogP contribution in [-0.2, 0) is 0 Å². The van der Waals surface area contributed by atoms with E-state index in [2.05, 4.69) is 20.1 Å². The summed E-state index contributed by atoms with van der Waals surface area (Å²) in [5, 5.41) is 6.36. The molecule has 0 saturated heterocycles. The fraction of sp³-hybridized carbons (Fsp3) is 0. The number of hydrogen-bond acceptors (Lipinski definition) is 4. The third-order valence-electron chi connectivity index (χ3n) is 0.219. The average molecular weight is 88.0 g/mol. The average Bonchev–Trinajstić information content (AvgIpc) is 1.76. The predicted octanol–water partition coefficient (Wildman–Crippen LogP) is -0.702. The molecule has 5 heteroatoms. The Bertz CT molecular complexity index is 60.1. The standard InChI is InChI=1S/HN4P/c1-2-4-5-3-1/h5H. The molecule has 0 saturated carbocycles. The Hall–Kier alpha value is -0.500. The van der Waals surface area contributed by atoms with E-state index in [9.17, 15) is 0 Å². The summed E-state index contributed by atoms with van der Waals surface area (Å²) in [5.41, 5.74) is 0. The van der Waals surface area contributed by atoms with Gasteiger partial charge in [-0.15, -0.1) is 9.72 Å². The van der Waals surface area contributed by atoms with Gasteiger partial charge in [0.2, 0.25) is 0 Å². The van der Waals surface area contributed by atoms with Crippen molar-refractivity contribution in [3.63, 3.8) is 0 Å². The van der Waals surface area contributed by atoms with Crippen molar-refractivity contribution in [3.8, 4) is 0 Å². The van der Waals surface area contributed by atoms with E-state index in [1.54, 1.807) is 0 Å². The summed E-state index contributed by atoms with van der Waals surface area (Å²) in [6, 6.07) is 0. The molecular weight excluding hydrogens is 87.0 g/mol. The lowest BCUT2D eigenvalue weighted by Gasteiger charge is -1.36. The van der Waals surface area contributed by atoms with Crippen molar-refractivity contribution in [2.45, 2.75) is 0 Å². The third-order valence-corrected chi connectivity index (χ3v) is 0.577. The minimum Gasteiger partial charge on any atom is -0.100 e. The Morgan fingerprint density at radius 2 is 1.60 bits per heavy atom. The molecule has 0 spiro atoms. The van der Waals surface area contributed by atoms with E-state index < -0.39 is 0 Å². The van der Waals surface area contributed by atoms with Crippen LogP contribution in [0.1, 0.15) is 0 Å². The van der Waals surface area contributed by atoms with Crippen molar-refractivity contribution in [2.24, 2.45) is 0 Å². The summed E-state index contributed by atoms with van der Waals surface area (Å²) in [6.45, 7) is 0. The zero-order valence-electron chi connectivity index (χ0n) is 2.29. The first-order chi connectivity index (χ1) is 2.50. The topological polar surface area (TPSA) is 51.6 Å². The monoisotopic (exact) mass is 88.0 g/mol. The highest BCUT2D eigenvalue weighted by Crippen LogP contribution is 1.74. The highest BCUT2D eigenvalue weighted by atomic mass is 31.1. The SMILES string of the molecule is n1nn[pH]n1. The quantitative estimate of drug-likeness (QED) is 0.420. The van der Waals surface area contributed by atoms with Crippen LogP contribution in [0.2, 0.25) is 0 Å². The van der Waals surface area contributed by atoms with Crippen molar-refractivity contribution in [1.29, 1.82) is 0 Å². The zero-order chi connectivity index (χ0) is 3.54. The highest BCUT2D eigenvalue weighted by Gasteiger charge is 1.61. The van der Waals surface area contributed by atoms with E-state index in [0.717, 1.165) is 0 Å². The first-order valence-electron chi connectivity index (χ1n) is 1.05. The second-order valence-corrected chi connectivity index (χ2v) is 1.08. The number of aromatic nitrogens is 4. The zero-order valence-corrected chi connectivity index (χ0v) is 3.29. The van der Waals surface area contributed by atoms with Crippen LogP contribution in [-0.4, -0.2) is 20.1 Å². The normalized spacial score (nSPS) is 8.00. The van der Waals surface area contributed by atoms with Crippen LogP contribution in [0.15, 0.2) is 0 Å². The van der Waals surface area contributed by atoms with E-state index in [-0.39, 0.29) is 8.51 Å². The van der Waals surface area contributed by atoms with Gasteiger partial charge in [0.05, 0.1) is 0 Å². The molecule has 1 heterocycles. The van der Waals surface area contributed by atoms with E-state index >= 15 is 0 Å². The summed E-state index contributed by atoms with van der Waals surface area (Å²) in [5.74, 6) is 0. The Labute approximate surface area is 29.8 Å². The van der Waals surface area contributed by atoms with Gasteiger partial charge in [0.15, 0.2) is 0 Å². The van der Waals surface area contributed by atoms with Crippen LogP contribution >= 0.6 is 8.51 Å². The van der Waals surface area contributed by atoms with Crippen molar-refractivity contribution in [2.75, 3.05) is 0 Å². The first-order valence-corrected chi connectivity index (χ1v) is 1.94. The Kier molecular flexibility index (Phi) is 0.588. The maximum absolute atomic E-state index is 3.40. The van der Waals surface area contributed by atoms with Crippen LogP contribution in [0.5, 0.6) is 0 Å². The molecule has 1 aromatic rings. The summed E-state index contributed by atoms with van der Waals surface area (Å²) < 4.78 is 0. The van der Waals surface area contributed by atoms with Crippen molar-refractivity contribution in [1.82, 2.24) is 20.1 Å². The molecule has 0 amide bonds. The molecule has 0 radical (unpaired) electrons. The highest BCUT2D eigenvalue weighted by molar-refractivity contribution is 7.20. The molecule has 0 aromatic carbocycles. The first kappa shape index (κ1) is 2.72. The van der Waals surface area contributed by atoms with Crippen LogP contribution in [0.25, 0.3) is 0 Å². The minimum atomic E-state index is 0.225. The second kappa shape index (κ2) is 1.08. The third kappa shape index (κ3) is 0.389. The molecule has 26 valence electrons. The fourth-order valence-electron chi connectivity index (χ4n) is 0.100. The van der Waals surface area contributed by atoms with Crippen molar-refractivity contribution < 1.29 is 0 Å². The van der Waals surface area contributed by atoms with Crippen molar-refractivity contribution in [3.05, 3.63) is 0 Å². The molecule has 0 bridgehead atoms. The van der Waals surface area contributed by atoms with Gasteiger partial charge in [-0.3, -0.25) is 0 Å². The lowest BCUT2D eigenvalue weighted by atomic mass is 12.7. The molecule has 4 nitrogen and oxygen atoms in total. The molecule has 0 aliphatic heterocycles. The van der Waals surface area contributed by atoms with Crippen LogP contribution in [0, 0.1) is 0 Å². The molecule has 1 aromatic heterocycles. The molecule has 0 fully saturated rings. The van der Waals surface area contributed by atoms with Crippen LogP contribution < -0.4 is 0 Å². The molecule has 0 unspecified atom stereocenters. The number of hydrogen-bond donors (Lipinski definition) is 0. The van der Waals surface area contributed by atoms with Crippen LogP contribution in [0.3, 0.4) is 0 Å². The maximum Gasteiger partial charge on any atom is 0.104 e. The van der Waals surface area contributed by atoms with Gasteiger partial charge in [0.25, 0.3) is 0 Å². The predicted molar refractivity (Wildman–Crippen MR) is 17.1 cm³/mol. The van der Waals surface area contributed by atoms with Gasteiger partial charge < -0.3 is 0 Å². The van der Waals surface area contributed by atoms with Gasteiger partial charge >= 0.3 is 0 Å². The smallest absolute Gasteiger partial charge is 0.100 e. The van der Waals surface area contributed by atoms with Crippen molar-refractivity contribution >= 4 is 8.51 Å². The Morgan fingerprint density at radius 1 is 1.00 bits per heavy atom.